The minimum Gasteiger partial charge on any atom is -0.493 e. The molecule has 0 spiro atoms. The molecule has 10 heteroatoms. The molecule has 0 aliphatic carbocycles. The molecule has 30 heavy (non-hydrogen) atoms. The van der Waals surface area contributed by atoms with Crippen LogP contribution in [0.15, 0.2) is 40.8 Å². The van der Waals surface area contributed by atoms with Gasteiger partial charge in [0.25, 0.3) is 5.91 Å². The maximum Gasteiger partial charge on any atom is 0.289 e. The van der Waals surface area contributed by atoms with Gasteiger partial charge >= 0.3 is 0 Å². The fourth-order valence-electron chi connectivity index (χ4n) is 3.19. The number of amides is 1. The van der Waals surface area contributed by atoms with Gasteiger partial charge < -0.3 is 23.8 Å². The summed E-state index contributed by atoms with van der Waals surface area (Å²) in [6.45, 7) is 0.0957. The minimum absolute atomic E-state index is 0.0957. The third-order valence-corrected chi connectivity index (χ3v) is 4.57. The Labute approximate surface area is 172 Å². The summed E-state index contributed by atoms with van der Waals surface area (Å²) in [7, 11) is 3.11. The molecule has 1 unspecified atom stereocenters. The SMILES string of the molecule is COc1cc(CC2CC(C(=O)NN=Cc3cccnc3)=NO2)c(OC)c2c1OCO2. The highest BCUT2D eigenvalue weighted by Gasteiger charge is 2.31. The lowest BCUT2D eigenvalue weighted by atomic mass is 10.0. The molecule has 1 N–H and O–H groups in total. The van der Waals surface area contributed by atoms with Gasteiger partial charge in [0.15, 0.2) is 11.5 Å². The number of nitrogens with one attached hydrogen (secondary N) is 1. The molecule has 0 saturated heterocycles. The summed E-state index contributed by atoms with van der Waals surface area (Å²) in [5.41, 5.74) is 4.27. The zero-order valence-corrected chi connectivity index (χ0v) is 16.5. The number of rotatable bonds is 7. The van der Waals surface area contributed by atoms with Crippen LogP contribution in [0.3, 0.4) is 0 Å². The predicted octanol–water partition coefficient (Wildman–Crippen LogP) is 1.67. The third kappa shape index (κ3) is 3.97. The second-order valence-electron chi connectivity index (χ2n) is 6.50. The van der Waals surface area contributed by atoms with Gasteiger partial charge in [-0.05, 0) is 12.1 Å². The molecule has 1 amide bonds. The molecule has 0 saturated carbocycles. The highest BCUT2D eigenvalue weighted by Crippen LogP contribution is 2.49. The monoisotopic (exact) mass is 412 g/mol. The average Bonchev–Trinajstić information content (AvgIpc) is 3.44. The summed E-state index contributed by atoms with van der Waals surface area (Å²) in [5, 5.41) is 7.82. The molecule has 0 fully saturated rings. The molecule has 4 rings (SSSR count). The molecular weight excluding hydrogens is 392 g/mol. The van der Waals surface area contributed by atoms with E-state index in [-0.39, 0.29) is 18.6 Å². The van der Waals surface area contributed by atoms with Gasteiger partial charge in [0.05, 0.1) is 20.4 Å². The molecule has 1 aromatic carbocycles. The van der Waals surface area contributed by atoms with E-state index in [4.69, 9.17) is 23.8 Å². The van der Waals surface area contributed by atoms with E-state index in [2.05, 4.69) is 20.7 Å². The van der Waals surface area contributed by atoms with Gasteiger partial charge in [-0.2, -0.15) is 5.10 Å². The lowest BCUT2D eigenvalue weighted by Gasteiger charge is -2.15. The van der Waals surface area contributed by atoms with E-state index in [1.807, 2.05) is 12.1 Å². The summed E-state index contributed by atoms with van der Waals surface area (Å²) in [5.74, 6) is 1.67. The van der Waals surface area contributed by atoms with Crippen LogP contribution in [-0.4, -0.2) is 49.9 Å². The van der Waals surface area contributed by atoms with Crippen molar-refractivity contribution in [3.8, 4) is 23.0 Å². The van der Waals surface area contributed by atoms with E-state index in [0.29, 0.717) is 35.8 Å². The predicted molar refractivity (Wildman–Crippen MR) is 106 cm³/mol. The van der Waals surface area contributed by atoms with Crippen LogP contribution >= 0.6 is 0 Å². The fourth-order valence-corrected chi connectivity index (χ4v) is 3.19. The Hall–Kier alpha value is -3.82. The standard InChI is InChI=1S/C20H20N4O6/c1-26-16-7-13(17(27-2)19-18(16)28-11-29-19)6-14-8-15(24-30-14)20(25)23-22-10-12-4-3-5-21-9-12/h3-5,7,9-10,14H,6,8,11H2,1-2H3,(H,23,25). The number of nitrogens with zero attached hydrogens (tertiary/aromatic N) is 3. The molecule has 0 radical (unpaired) electrons. The van der Waals surface area contributed by atoms with Crippen LogP contribution in [0.2, 0.25) is 0 Å². The molecule has 0 bridgehead atoms. The quantitative estimate of drug-likeness (QED) is 0.544. The first-order valence-electron chi connectivity index (χ1n) is 9.19. The fraction of sp³-hybridized carbons (Fsp3) is 0.300. The summed E-state index contributed by atoms with van der Waals surface area (Å²) in [6, 6.07) is 5.41. The largest absolute Gasteiger partial charge is 0.493 e. The van der Waals surface area contributed by atoms with Crippen molar-refractivity contribution < 1.29 is 28.6 Å². The maximum absolute atomic E-state index is 12.3. The first-order chi connectivity index (χ1) is 14.7. The van der Waals surface area contributed by atoms with E-state index < -0.39 is 5.91 Å². The van der Waals surface area contributed by atoms with Gasteiger partial charge in [0.1, 0.15) is 11.8 Å². The number of oxime groups is 1. The molecule has 1 aromatic heterocycles. The third-order valence-electron chi connectivity index (χ3n) is 4.57. The van der Waals surface area contributed by atoms with Crippen LogP contribution in [-0.2, 0) is 16.1 Å². The normalized spacial score (nSPS) is 16.9. The Morgan fingerprint density at radius 2 is 2.20 bits per heavy atom. The highest BCUT2D eigenvalue weighted by atomic mass is 16.7. The lowest BCUT2D eigenvalue weighted by molar-refractivity contribution is -0.114. The zero-order valence-electron chi connectivity index (χ0n) is 16.5. The number of fused-ring (bicyclic) bond motifs is 1. The molecule has 2 aliphatic rings. The zero-order chi connectivity index (χ0) is 20.9. The number of aromatic nitrogens is 1. The minimum atomic E-state index is -0.423. The van der Waals surface area contributed by atoms with E-state index in [1.54, 1.807) is 32.7 Å². The van der Waals surface area contributed by atoms with Gasteiger partial charge in [0.2, 0.25) is 18.3 Å². The summed E-state index contributed by atoms with van der Waals surface area (Å²) in [6.07, 6.45) is 5.22. The maximum atomic E-state index is 12.3. The first-order valence-corrected chi connectivity index (χ1v) is 9.19. The van der Waals surface area contributed by atoms with Gasteiger partial charge in [-0.15, -0.1) is 0 Å². The lowest BCUT2D eigenvalue weighted by Crippen LogP contribution is -2.27. The summed E-state index contributed by atoms with van der Waals surface area (Å²) >= 11 is 0. The molecule has 2 aromatic rings. The van der Waals surface area contributed by atoms with Crippen molar-refractivity contribution in [1.82, 2.24) is 10.4 Å². The van der Waals surface area contributed by atoms with Gasteiger partial charge in [-0.3, -0.25) is 9.78 Å². The van der Waals surface area contributed by atoms with Gasteiger partial charge in [-0.1, -0.05) is 11.2 Å². The van der Waals surface area contributed by atoms with Crippen LogP contribution in [0.25, 0.3) is 0 Å². The number of pyridine rings is 1. The average molecular weight is 412 g/mol. The van der Waals surface area contributed by atoms with Crippen molar-refractivity contribution in [1.29, 1.82) is 0 Å². The number of methoxy groups -OCH3 is 2. The Bertz CT molecular complexity index is 993. The van der Waals surface area contributed by atoms with E-state index >= 15 is 0 Å². The summed E-state index contributed by atoms with van der Waals surface area (Å²) < 4.78 is 21.9. The Morgan fingerprint density at radius 3 is 2.97 bits per heavy atom. The van der Waals surface area contributed by atoms with Crippen molar-refractivity contribution in [2.45, 2.75) is 18.9 Å². The number of hydrogen-bond donors (Lipinski definition) is 1. The van der Waals surface area contributed by atoms with Crippen LogP contribution in [0.4, 0.5) is 0 Å². The van der Waals surface area contributed by atoms with Crippen molar-refractivity contribution >= 4 is 17.8 Å². The van der Waals surface area contributed by atoms with Crippen molar-refractivity contribution in [2.75, 3.05) is 21.0 Å². The molecular formula is C20H20N4O6. The Kier molecular flexibility index (Phi) is 5.64. The van der Waals surface area contributed by atoms with Crippen LogP contribution in [0.5, 0.6) is 23.0 Å². The molecule has 10 nitrogen and oxygen atoms in total. The number of benzene rings is 1. The van der Waals surface area contributed by atoms with Crippen molar-refractivity contribution in [2.24, 2.45) is 10.3 Å². The highest BCUT2D eigenvalue weighted by molar-refractivity contribution is 6.39. The van der Waals surface area contributed by atoms with Crippen LogP contribution in [0, 0.1) is 0 Å². The molecule has 1 atom stereocenters. The second kappa shape index (κ2) is 8.68. The topological polar surface area (TPSA) is 113 Å². The number of carbonyl (C=O) groups excluding carboxylic acids is 1. The van der Waals surface area contributed by atoms with E-state index in [1.165, 1.54) is 6.21 Å². The van der Waals surface area contributed by atoms with Gasteiger partial charge in [0, 0.05) is 36.4 Å². The molecule has 3 heterocycles. The van der Waals surface area contributed by atoms with Crippen molar-refractivity contribution in [3.05, 3.63) is 41.7 Å². The van der Waals surface area contributed by atoms with E-state index in [0.717, 1.165) is 11.1 Å². The van der Waals surface area contributed by atoms with E-state index in [9.17, 15) is 4.79 Å². The number of hydrogen-bond acceptors (Lipinski definition) is 9. The number of hydrazone groups is 1. The first kappa shape index (κ1) is 19.5. The Morgan fingerprint density at radius 1 is 1.33 bits per heavy atom. The Balaban J connectivity index is 1.39. The van der Waals surface area contributed by atoms with Crippen LogP contribution < -0.4 is 24.4 Å². The number of carbonyl (C=O) groups is 1. The van der Waals surface area contributed by atoms with Crippen LogP contribution in [0.1, 0.15) is 17.5 Å². The van der Waals surface area contributed by atoms with Crippen molar-refractivity contribution in [3.63, 3.8) is 0 Å². The smallest absolute Gasteiger partial charge is 0.289 e. The molecule has 2 aliphatic heterocycles. The number of ether oxygens (including phenoxy) is 4. The van der Waals surface area contributed by atoms with Gasteiger partial charge in [-0.25, -0.2) is 5.43 Å². The molecule has 156 valence electrons. The summed E-state index contributed by atoms with van der Waals surface area (Å²) in [4.78, 5) is 21.7. The second-order valence-corrected chi connectivity index (χ2v) is 6.50.